The Hall–Kier alpha value is -2.07. The summed E-state index contributed by atoms with van der Waals surface area (Å²) in [6.07, 6.45) is 1.86. The zero-order valence-electron chi connectivity index (χ0n) is 10.8. The number of pyridine rings is 1. The standard InChI is InChI=1S/C15H18N4/c1-2-4-13(5-3-1)18-15-12-14(6-7-17-15)19-10-8-16-9-11-19/h1-7,12,16H,8-11H2,(H,17,18). The monoisotopic (exact) mass is 254 g/mol. The summed E-state index contributed by atoms with van der Waals surface area (Å²) < 4.78 is 0. The van der Waals surface area contributed by atoms with Crippen molar-refractivity contribution >= 4 is 17.2 Å². The maximum atomic E-state index is 4.38. The van der Waals surface area contributed by atoms with Crippen LogP contribution in [0.25, 0.3) is 0 Å². The summed E-state index contributed by atoms with van der Waals surface area (Å²) >= 11 is 0. The van der Waals surface area contributed by atoms with Crippen LogP contribution >= 0.6 is 0 Å². The highest BCUT2D eigenvalue weighted by Crippen LogP contribution is 2.20. The molecule has 0 aliphatic carbocycles. The highest BCUT2D eigenvalue weighted by molar-refractivity contribution is 5.61. The molecule has 4 heteroatoms. The van der Waals surface area contributed by atoms with Crippen LogP contribution in [-0.4, -0.2) is 31.2 Å². The topological polar surface area (TPSA) is 40.2 Å². The fourth-order valence-corrected chi connectivity index (χ4v) is 2.28. The Labute approximate surface area is 113 Å². The van der Waals surface area contributed by atoms with E-state index in [0.29, 0.717) is 0 Å². The van der Waals surface area contributed by atoms with Crippen LogP contribution in [0, 0.1) is 0 Å². The van der Waals surface area contributed by atoms with Crippen LogP contribution < -0.4 is 15.5 Å². The molecule has 0 bridgehead atoms. The molecule has 0 spiro atoms. The Bertz CT molecular complexity index is 521. The number of hydrogen-bond acceptors (Lipinski definition) is 4. The third kappa shape index (κ3) is 3.03. The molecule has 1 fully saturated rings. The second-order valence-electron chi connectivity index (χ2n) is 4.63. The van der Waals surface area contributed by atoms with Crippen molar-refractivity contribution in [3.8, 4) is 0 Å². The lowest BCUT2D eigenvalue weighted by atomic mass is 10.2. The molecule has 0 radical (unpaired) electrons. The van der Waals surface area contributed by atoms with Crippen LogP contribution in [0.3, 0.4) is 0 Å². The summed E-state index contributed by atoms with van der Waals surface area (Å²) in [5, 5.41) is 6.70. The summed E-state index contributed by atoms with van der Waals surface area (Å²) in [4.78, 5) is 6.76. The van der Waals surface area contributed by atoms with Gasteiger partial charge in [-0.15, -0.1) is 0 Å². The van der Waals surface area contributed by atoms with Gasteiger partial charge in [-0.3, -0.25) is 0 Å². The molecule has 0 amide bonds. The molecule has 1 aliphatic heterocycles. The number of hydrogen-bond donors (Lipinski definition) is 2. The third-order valence-corrected chi connectivity index (χ3v) is 3.27. The highest BCUT2D eigenvalue weighted by atomic mass is 15.2. The first-order valence-electron chi connectivity index (χ1n) is 6.66. The minimum Gasteiger partial charge on any atom is -0.369 e. The average molecular weight is 254 g/mol. The van der Waals surface area contributed by atoms with E-state index in [1.807, 2.05) is 36.5 Å². The van der Waals surface area contributed by atoms with E-state index in [2.05, 4.69) is 32.7 Å². The quantitative estimate of drug-likeness (QED) is 0.881. The summed E-state index contributed by atoms with van der Waals surface area (Å²) in [5.41, 5.74) is 2.29. The Kier molecular flexibility index (Phi) is 3.61. The number of rotatable bonds is 3. The van der Waals surface area contributed by atoms with Crippen LogP contribution in [0.1, 0.15) is 0 Å². The molecule has 1 aliphatic rings. The molecule has 98 valence electrons. The number of para-hydroxylation sites is 1. The van der Waals surface area contributed by atoms with E-state index in [1.54, 1.807) is 0 Å². The summed E-state index contributed by atoms with van der Waals surface area (Å²) in [7, 11) is 0. The molecule has 2 N–H and O–H groups in total. The first-order valence-corrected chi connectivity index (χ1v) is 6.66. The zero-order valence-corrected chi connectivity index (χ0v) is 10.8. The van der Waals surface area contributed by atoms with Crippen LogP contribution in [-0.2, 0) is 0 Å². The van der Waals surface area contributed by atoms with E-state index in [0.717, 1.165) is 37.7 Å². The summed E-state index contributed by atoms with van der Waals surface area (Å²) in [5.74, 6) is 0.891. The second-order valence-corrected chi connectivity index (χ2v) is 4.63. The molecule has 0 saturated carbocycles. The Morgan fingerprint density at radius 2 is 1.84 bits per heavy atom. The van der Waals surface area contributed by atoms with Crippen molar-refractivity contribution in [2.45, 2.75) is 0 Å². The van der Waals surface area contributed by atoms with Gasteiger partial charge < -0.3 is 15.5 Å². The van der Waals surface area contributed by atoms with Crippen molar-refractivity contribution in [3.05, 3.63) is 48.7 Å². The fourth-order valence-electron chi connectivity index (χ4n) is 2.28. The van der Waals surface area contributed by atoms with Gasteiger partial charge in [0.05, 0.1) is 0 Å². The third-order valence-electron chi connectivity index (χ3n) is 3.27. The smallest absolute Gasteiger partial charge is 0.132 e. The van der Waals surface area contributed by atoms with E-state index >= 15 is 0 Å². The molecule has 0 atom stereocenters. The lowest BCUT2D eigenvalue weighted by Crippen LogP contribution is -2.43. The van der Waals surface area contributed by atoms with Crippen molar-refractivity contribution in [3.63, 3.8) is 0 Å². The van der Waals surface area contributed by atoms with Gasteiger partial charge in [0.1, 0.15) is 5.82 Å². The van der Waals surface area contributed by atoms with Crippen molar-refractivity contribution in [1.29, 1.82) is 0 Å². The second kappa shape index (κ2) is 5.71. The summed E-state index contributed by atoms with van der Waals surface area (Å²) in [6, 6.07) is 14.3. The van der Waals surface area contributed by atoms with Crippen molar-refractivity contribution < 1.29 is 0 Å². The average Bonchev–Trinajstić information content (AvgIpc) is 2.49. The number of nitrogens with one attached hydrogen (secondary N) is 2. The highest BCUT2D eigenvalue weighted by Gasteiger charge is 2.10. The van der Waals surface area contributed by atoms with Crippen LogP contribution in [0.2, 0.25) is 0 Å². The number of benzene rings is 1. The van der Waals surface area contributed by atoms with Crippen LogP contribution in [0.5, 0.6) is 0 Å². The van der Waals surface area contributed by atoms with E-state index in [9.17, 15) is 0 Å². The molecule has 2 heterocycles. The molecule has 2 aromatic rings. The van der Waals surface area contributed by atoms with Gasteiger partial charge in [0, 0.05) is 49.8 Å². The molecule has 1 aromatic heterocycles. The predicted octanol–water partition coefficient (Wildman–Crippen LogP) is 2.23. The normalized spacial score (nSPS) is 15.3. The Morgan fingerprint density at radius 3 is 2.63 bits per heavy atom. The molecule has 1 saturated heterocycles. The lowest BCUT2D eigenvalue weighted by molar-refractivity contribution is 0.589. The van der Waals surface area contributed by atoms with Gasteiger partial charge in [0.2, 0.25) is 0 Å². The van der Waals surface area contributed by atoms with Crippen LogP contribution in [0.4, 0.5) is 17.2 Å². The number of piperazine rings is 1. The van der Waals surface area contributed by atoms with E-state index < -0.39 is 0 Å². The Balaban J connectivity index is 1.76. The molecule has 0 unspecified atom stereocenters. The maximum absolute atomic E-state index is 4.38. The number of anilines is 3. The fraction of sp³-hybridized carbons (Fsp3) is 0.267. The zero-order chi connectivity index (χ0) is 12.9. The van der Waals surface area contributed by atoms with Gasteiger partial charge in [0.25, 0.3) is 0 Å². The largest absolute Gasteiger partial charge is 0.369 e. The van der Waals surface area contributed by atoms with Crippen molar-refractivity contribution in [2.24, 2.45) is 0 Å². The number of nitrogens with zero attached hydrogens (tertiary/aromatic N) is 2. The molecule has 19 heavy (non-hydrogen) atoms. The SMILES string of the molecule is c1ccc(Nc2cc(N3CCNCC3)ccn2)cc1. The molecule has 1 aromatic carbocycles. The van der Waals surface area contributed by atoms with Gasteiger partial charge in [-0.1, -0.05) is 18.2 Å². The molecule has 3 rings (SSSR count). The maximum Gasteiger partial charge on any atom is 0.132 e. The Morgan fingerprint density at radius 1 is 1.05 bits per heavy atom. The van der Waals surface area contributed by atoms with Gasteiger partial charge in [-0.25, -0.2) is 4.98 Å². The molecular weight excluding hydrogens is 236 g/mol. The van der Waals surface area contributed by atoms with E-state index in [1.165, 1.54) is 5.69 Å². The summed E-state index contributed by atoms with van der Waals surface area (Å²) in [6.45, 7) is 4.19. The lowest BCUT2D eigenvalue weighted by Gasteiger charge is -2.29. The van der Waals surface area contributed by atoms with Crippen LogP contribution in [0.15, 0.2) is 48.7 Å². The van der Waals surface area contributed by atoms with Crippen molar-refractivity contribution in [1.82, 2.24) is 10.3 Å². The first kappa shape index (κ1) is 12.0. The number of aromatic nitrogens is 1. The predicted molar refractivity (Wildman–Crippen MR) is 79.0 cm³/mol. The molecular formula is C15H18N4. The van der Waals surface area contributed by atoms with E-state index in [4.69, 9.17) is 0 Å². The minimum absolute atomic E-state index is 0.891. The van der Waals surface area contributed by atoms with E-state index in [-0.39, 0.29) is 0 Å². The molecule has 4 nitrogen and oxygen atoms in total. The first-order chi connectivity index (χ1) is 9.42. The van der Waals surface area contributed by atoms with Crippen molar-refractivity contribution in [2.75, 3.05) is 36.4 Å². The van der Waals surface area contributed by atoms with Gasteiger partial charge in [-0.2, -0.15) is 0 Å². The van der Waals surface area contributed by atoms with Gasteiger partial charge >= 0.3 is 0 Å². The minimum atomic E-state index is 0.891. The van der Waals surface area contributed by atoms with Gasteiger partial charge in [0.15, 0.2) is 0 Å². The van der Waals surface area contributed by atoms with Gasteiger partial charge in [-0.05, 0) is 18.2 Å².